The number of halogens is 3. The van der Waals surface area contributed by atoms with E-state index in [1.807, 2.05) is 72.8 Å². The Morgan fingerprint density at radius 1 is 0.452 bits per heavy atom. The molecule has 0 unspecified atom stereocenters. The van der Waals surface area contributed by atoms with Crippen molar-refractivity contribution in [3.63, 3.8) is 0 Å². The van der Waals surface area contributed by atoms with Crippen LogP contribution in [0.4, 0.5) is 0 Å². The zero-order chi connectivity index (χ0) is 21.9. The summed E-state index contributed by atoms with van der Waals surface area (Å²) in [4.78, 5) is 2.35. The highest BCUT2D eigenvalue weighted by atomic mass is 35.5. The average Bonchev–Trinajstić information content (AvgIpc) is 2.77. The summed E-state index contributed by atoms with van der Waals surface area (Å²) in [6.45, 7) is 2.50. The van der Waals surface area contributed by atoms with Gasteiger partial charge >= 0.3 is 0 Å². The lowest BCUT2D eigenvalue weighted by Crippen LogP contribution is -2.24. The Balaban J connectivity index is 1.62. The van der Waals surface area contributed by atoms with Gasteiger partial charge in [-0.1, -0.05) is 108 Å². The van der Waals surface area contributed by atoms with Gasteiger partial charge in [-0.15, -0.1) is 0 Å². The first kappa shape index (κ1) is 23.4. The van der Waals surface area contributed by atoms with Crippen LogP contribution in [0.5, 0.6) is 0 Å². The second kappa shape index (κ2) is 12.5. The van der Waals surface area contributed by atoms with Gasteiger partial charge in [-0.25, -0.2) is 0 Å². The molecule has 0 amide bonds. The molecule has 0 saturated heterocycles. The quantitative estimate of drug-likeness (QED) is 0.305. The van der Waals surface area contributed by atoms with Gasteiger partial charge in [0.2, 0.25) is 0 Å². The smallest absolute Gasteiger partial charge is 0.0406 e. The molecule has 3 rings (SSSR count). The standard InChI is InChI=1S/C27H24Cl3N/c28-25-13-7-22(8-14-25)4-1-19-31(20-2-5-23-9-15-26(29)16-10-23)21-3-6-24-11-17-27(30)18-12-24/h1-18H,19-21H2/b4-1-,5-2+,6-3+. The fraction of sp³-hybridized carbons (Fsp3) is 0.111. The first-order chi connectivity index (χ1) is 15.1. The van der Waals surface area contributed by atoms with Crippen LogP contribution in [0.15, 0.2) is 91.0 Å². The maximum atomic E-state index is 5.97. The molecule has 158 valence electrons. The van der Waals surface area contributed by atoms with Crippen molar-refractivity contribution in [1.29, 1.82) is 0 Å². The van der Waals surface area contributed by atoms with E-state index in [4.69, 9.17) is 34.8 Å². The third-order valence-electron chi connectivity index (χ3n) is 4.63. The summed E-state index contributed by atoms with van der Waals surface area (Å²) < 4.78 is 0. The molecule has 4 heteroatoms. The van der Waals surface area contributed by atoms with Crippen molar-refractivity contribution in [2.24, 2.45) is 0 Å². The van der Waals surface area contributed by atoms with Crippen LogP contribution in [0.25, 0.3) is 18.2 Å². The average molecular weight is 469 g/mol. The summed E-state index contributed by atoms with van der Waals surface area (Å²) in [5.41, 5.74) is 3.41. The van der Waals surface area contributed by atoms with Crippen molar-refractivity contribution in [3.8, 4) is 0 Å². The van der Waals surface area contributed by atoms with Gasteiger partial charge in [-0.2, -0.15) is 0 Å². The van der Waals surface area contributed by atoms with Crippen molar-refractivity contribution < 1.29 is 0 Å². The minimum atomic E-state index is 0.749. The van der Waals surface area contributed by atoms with E-state index in [0.29, 0.717) is 0 Å². The molecule has 0 aliphatic rings. The molecule has 0 aliphatic heterocycles. The minimum Gasteiger partial charge on any atom is -0.292 e. The first-order valence-corrected chi connectivity index (χ1v) is 11.2. The van der Waals surface area contributed by atoms with Gasteiger partial charge in [0, 0.05) is 34.7 Å². The second-order valence-electron chi connectivity index (χ2n) is 7.08. The van der Waals surface area contributed by atoms with Gasteiger partial charge in [0.25, 0.3) is 0 Å². The molecule has 0 radical (unpaired) electrons. The lowest BCUT2D eigenvalue weighted by molar-refractivity contribution is 0.374. The number of hydrogen-bond acceptors (Lipinski definition) is 1. The molecule has 0 aliphatic carbocycles. The zero-order valence-corrected chi connectivity index (χ0v) is 19.4. The van der Waals surface area contributed by atoms with E-state index < -0.39 is 0 Å². The lowest BCUT2D eigenvalue weighted by Gasteiger charge is -2.16. The normalized spacial score (nSPS) is 12.0. The predicted molar refractivity (Wildman–Crippen MR) is 138 cm³/mol. The van der Waals surface area contributed by atoms with Gasteiger partial charge < -0.3 is 0 Å². The molecule has 0 spiro atoms. The van der Waals surface area contributed by atoms with Gasteiger partial charge in [-0.3, -0.25) is 4.90 Å². The summed E-state index contributed by atoms with van der Waals surface area (Å²) >= 11 is 17.9. The molecule has 0 aromatic heterocycles. The fourth-order valence-electron chi connectivity index (χ4n) is 2.96. The number of benzene rings is 3. The second-order valence-corrected chi connectivity index (χ2v) is 8.39. The number of hydrogen-bond donors (Lipinski definition) is 0. The molecule has 0 atom stereocenters. The molecular weight excluding hydrogens is 445 g/mol. The molecule has 31 heavy (non-hydrogen) atoms. The maximum absolute atomic E-state index is 5.97. The Kier molecular flexibility index (Phi) is 9.45. The van der Waals surface area contributed by atoms with Crippen molar-refractivity contribution in [3.05, 3.63) is 123 Å². The van der Waals surface area contributed by atoms with Crippen LogP contribution >= 0.6 is 34.8 Å². The van der Waals surface area contributed by atoms with Crippen molar-refractivity contribution in [2.75, 3.05) is 19.6 Å². The molecule has 0 saturated carbocycles. The largest absolute Gasteiger partial charge is 0.292 e. The molecule has 0 heterocycles. The summed E-state index contributed by atoms with van der Waals surface area (Å²) in [7, 11) is 0. The Bertz CT molecular complexity index is 881. The van der Waals surface area contributed by atoms with E-state index in [-0.39, 0.29) is 0 Å². The number of nitrogens with zero attached hydrogens (tertiary/aromatic N) is 1. The summed E-state index contributed by atoms with van der Waals surface area (Å²) in [5.74, 6) is 0. The Labute approximate surface area is 199 Å². The van der Waals surface area contributed by atoms with Crippen LogP contribution < -0.4 is 0 Å². The highest BCUT2D eigenvalue weighted by Gasteiger charge is 1.99. The van der Waals surface area contributed by atoms with Crippen molar-refractivity contribution in [1.82, 2.24) is 4.90 Å². The minimum absolute atomic E-state index is 0.749. The van der Waals surface area contributed by atoms with E-state index >= 15 is 0 Å². The molecule has 1 nitrogen and oxygen atoms in total. The molecule has 0 fully saturated rings. The van der Waals surface area contributed by atoms with Crippen molar-refractivity contribution >= 4 is 53.0 Å². The van der Waals surface area contributed by atoms with Crippen LogP contribution in [0.3, 0.4) is 0 Å². The van der Waals surface area contributed by atoms with Crippen LogP contribution in [0.2, 0.25) is 15.1 Å². The Morgan fingerprint density at radius 3 is 0.968 bits per heavy atom. The molecule has 3 aromatic carbocycles. The molecule has 0 N–H and O–H groups in total. The van der Waals surface area contributed by atoms with Crippen LogP contribution in [0.1, 0.15) is 16.7 Å². The molecule has 3 aromatic rings. The highest BCUT2D eigenvalue weighted by molar-refractivity contribution is 6.31. The lowest BCUT2D eigenvalue weighted by atomic mass is 10.2. The zero-order valence-electron chi connectivity index (χ0n) is 17.1. The third kappa shape index (κ3) is 8.77. The van der Waals surface area contributed by atoms with Gasteiger partial charge in [-0.05, 0) is 53.1 Å². The summed E-state index contributed by atoms with van der Waals surface area (Å²) in [6.07, 6.45) is 12.9. The van der Waals surface area contributed by atoms with Gasteiger partial charge in [0.05, 0.1) is 0 Å². The van der Waals surface area contributed by atoms with E-state index in [1.165, 1.54) is 0 Å². The number of rotatable bonds is 9. The van der Waals surface area contributed by atoms with Gasteiger partial charge in [0.1, 0.15) is 0 Å². The highest BCUT2D eigenvalue weighted by Crippen LogP contribution is 2.13. The SMILES string of the molecule is Clc1ccc(/C=C\CN(C/C=C/c2ccc(Cl)cc2)C/C=C/c2ccc(Cl)cc2)cc1. The molecular formula is C27H24Cl3N. The van der Waals surface area contributed by atoms with Crippen LogP contribution in [0, 0.1) is 0 Å². The van der Waals surface area contributed by atoms with Crippen LogP contribution in [-0.2, 0) is 0 Å². The summed E-state index contributed by atoms with van der Waals surface area (Å²) in [6, 6.07) is 23.5. The van der Waals surface area contributed by atoms with Crippen LogP contribution in [-0.4, -0.2) is 24.5 Å². The predicted octanol–water partition coefficient (Wildman–Crippen LogP) is 8.39. The topological polar surface area (TPSA) is 3.24 Å². The first-order valence-electron chi connectivity index (χ1n) is 10.1. The van der Waals surface area contributed by atoms with Crippen molar-refractivity contribution in [2.45, 2.75) is 0 Å². The fourth-order valence-corrected chi connectivity index (χ4v) is 3.34. The van der Waals surface area contributed by atoms with Gasteiger partial charge in [0.15, 0.2) is 0 Å². The Morgan fingerprint density at radius 2 is 0.710 bits per heavy atom. The summed E-state index contributed by atoms with van der Waals surface area (Å²) in [5, 5.41) is 2.25. The molecule has 0 bridgehead atoms. The van der Waals surface area contributed by atoms with E-state index in [9.17, 15) is 0 Å². The van der Waals surface area contributed by atoms with E-state index in [1.54, 1.807) is 0 Å². The third-order valence-corrected chi connectivity index (χ3v) is 5.39. The van der Waals surface area contributed by atoms with E-state index in [0.717, 1.165) is 51.4 Å². The monoisotopic (exact) mass is 467 g/mol. The maximum Gasteiger partial charge on any atom is 0.0406 e. The van der Waals surface area contributed by atoms with E-state index in [2.05, 4.69) is 41.4 Å². The Hall–Kier alpha value is -2.29.